The van der Waals surface area contributed by atoms with Crippen LogP contribution in [0.15, 0.2) is 30.0 Å². The van der Waals surface area contributed by atoms with Crippen LogP contribution in [0.25, 0.3) is 0 Å². The van der Waals surface area contributed by atoms with E-state index in [1.54, 1.807) is 6.33 Å². The van der Waals surface area contributed by atoms with E-state index in [1.165, 1.54) is 0 Å². The Hall–Kier alpha value is -1.71. The molecule has 60 valence electrons. The van der Waals surface area contributed by atoms with Crippen molar-refractivity contribution in [3.8, 4) is 11.8 Å². The van der Waals surface area contributed by atoms with Crippen LogP contribution in [0.1, 0.15) is 6.42 Å². The van der Waals surface area contributed by atoms with E-state index in [0.29, 0.717) is 11.8 Å². The number of nitrogens with one attached hydrogen (secondary N) is 1. The summed E-state index contributed by atoms with van der Waals surface area (Å²) in [6, 6.07) is 0. The highest BCUT2D eigenvalue weighted by Gasteiger charge is 2.23. The predicted octanol–water partition coefficient (Wildman–Crippen LogP) is 1.35. The molecule has 0 saturated heterocycles. The molecule has 2 heterocycles. The number of aromatic amines is 1. The van der Waals surface area contributed by atoms with Crippen LogP contribution in [0.3, 0.4) is 0 Å². The van der Waals surface area contributed by atoms with Crippen LogP contribution in [-0.4, -0.2) is 9.97 Å². The highest BCUT2D eigenvalue weighted by atomic mass is 16.6. The van der Waals surface area contributed by atoms with E-state index in [0.717, 1.165) is 17.9 Å². The minimum atomic E-state index is 0.514. The molecule has 0 radical (unpaired) electrons. The van der Waals surface area contributed by atoms with Gasteiger partial charge in [-0.15, -0.1) is 0 Å². The Kier molecular flexibility index (Phi) is 0.935. The Morgan fingerprint density at radius 1 is 1.42 bits per heavy atom. The molecule has 0 amide bonds. The molecule has 4 nitrogen and oxygen atoms in total. The number of H-pyrrole nitrogens is 1. The molecule has 2 aliphatic rings. The maximum absolute atomic E-state index is 5.47. The monoisotopic (exact) mass is 162 g/mol. The van der Waals surface area contributed by atoms with Gasteiger partial charge in [-0.3, -0.25) is 0 Å². The first-order valence-corrected chi connectivity index (χ1v) is 3.72. The van der Waals surface area contributed by atoms with Crippen molar-refractivity contribution < 1.29 is 9.47 Å². The van der Waals surface area contributed by atoms with Gasteiger partial charge < -0.3 is 14.5 Å². The normalized spacial score (nSPS) is 18.3. The highest BCUT2D eigenvalue weighted by Crippen LogP contribution is 2.35. The lowest BCUT2D eigenvalue weighted by Crippen LogP contribution is -2.07. The van der Waals surface area contributed by atoms with Crippen molar-refractivity contribution in [2.24, 2.45) is 0 Å². The standard InChI is InChI=1S/C8H6N2O2/c1-2-5-6(3-1)12-8-7(11-5)9-4-10-8/h1-2,4H,3H2,(H,9,10). The average Bonchev–Trinajstić information content (AvgIpc) is 2.64. The average molecular weight is 162 g/mol. The zero-order valence-electron chi connectivity index (χ0n) is 6.20. The zero-order chi connectivity index (χ0) is 7.97. The molecule has 0 unspecified atom stereocenters. The first kappa shape index (κ1) is 5.88. The number of hydrogen-bond donors (Lipinski definition) is 1. The maximum Gasteiger partial charge on any atom is 0.283 e. The molecule has 3 rings (SSSR count). The summed E-state index contributed by atoms with van der Waals surface area (Å²) in [5.74, 6) is 2.74. The lowest BCUT2D eigenvalue weighted by atomic mass is 10.4. The summed E-state index contributed by atoms with van der Waals surface area (Å²) >= 11 is 0. The number of allylic oxidation sites excluding steroid dienone is 2. The third-order valence-corrected chi connectivity index (χ3v) is 1.85. The Bertz CT molecular complexity index is 390. The Morgan fingerprint density at radius 3 is 3.42 bits per heavy atom. The van der Waals surface area contributed by atoms with Gasteiger partial charge >= 0.3 is 0 Å². The highest BCUT2D eigenvalue weighted by molar-refractivity contribution is 5.39. The van der Waals surface area contributed by atoms with Crippen LogP contribution in [0.4, 0.5) is 0 Å². The number of fused-ring (bicyclic) bond motifs is 1. The van der Waals surface area contributed by atoms with Gasteiger partial charge in [0.2, 0.25) is 0 Å². The number of nitrogens with zero attached hydrogens (tertiary/aromatic N) is 1. The van der Waals surface area contributed by atoms with E-state index in [-0.39, 0.29) is 0 Å². The van der Waals surface area contributed by atoms with Crippen molar-refractivity contribution in [1.29, 1.82) is 0 Å². The third kappa shape index (κ3) is 0.637. The topological polar surface area (TPSA) is 47.1 Å². The third-order valence-electron chi connectivity index (χ3n) is 1.85. The summed E-state index contributed by atoms with van der Waals surface area (Å²) in [7, 11) is 0. The van der Waals surface area contributed by atoms with Gasteiger partial charge in [0.25, 0.3) is 11.8 Å². The van der Waals surface area contributed by atoms with Gasteiger partial charge in [0.1, 0.15) is 0 Å². The number of aromatic nitrogens is 2. The lowest BCUT2D eigenvalue weighted by molar-refractivity contribution is 0.293. The van der Waals surface area contributed by atoms with Crippen LogP contribution in [0, 0.1) is 0 Å². The summed E-state index contributed by atoms with van der Waals surface area (Å²) in [5, 5.41) is 0. The Balaban J connectivity index is 2.07. The lowest BCUT2D eigenvalue weighted by Gasteiger charge is -2.14. The van der Waals surface area contributed by atoms with Crippen molar-refractivity contribution in [2.45, 2.75) is 6.42 Å². The molecular formula is C8H6N2O2. The number of rotatable bonds is 0. The molecule has 0 atom stereocenters. The van der Waals surface area contributed by atoms with E-state index in [1.807, 2.05) is 12.2 Å². The molecule has 1 aromatic rings. The smallest absolute Gasteiger partial charge is 0.283 e. The van der Waals surface area contributed by atoms with Crippen LogP contribution < -0.4 is 9.47 Å². The van der Waals surface area contributed by atoms with Gasteiger partial charge in [0, 0.05) is 6.42 Å². The second kappa shape index (κ2) is 1.91. The molecule has 0 saturated carbocycles. The molecule has 0 bridgehead atoms. The second-order valence-electron chi connectivity index (χ2n) is 2.63. The predicted molar refractivity (Wildman–Crippen MR) is 40.6 cm³/mol. The number of imidazole rings is 1. The van der Waals surface area contributed by atoms with Gasteiger partial charge in [-0.2, -0.15) is 4.98 Å². The maximum atomic E-state index is 5.47. The summed E-state index contributed by atoms with van der Waals surface area (Å²) in [6.07, 6.45) is 6.24. The number of ether oxygens (including phenoxy) is 2. The van der Waals surface area contributed by atoms with Crippen LogP contribution in [0.2, 0.25) is 0 Å². The Labute approximate surface area is 68.5 Å². The first-order valence-electron chi connectivity index (χ1n) is 3.72. The molecule has 1 N–H and O–H groups in total. The second-order valence-corrected chi connectivity index (χ2v) is 2.63. The Morgan fingerprint density at radius 2 is 2.42 bits per heavy atom. The quantitative estimate of drug-likeness (QED) is 0.626. The van der Waals surface area contributed by atoms with Crippen LogP contribution in [0.5, 0.6) is 11.8 Å². The molecule has 1 aliphatic heterocycles. The van der Waals surface area contributed by atoms with Crippen LogP contribution in [-0.2, 0) is 0 Å². The zero-order valence-corrected chi connectivity index (χ0v) is 6.20. The van der Waals surface area contributed by atoms with Crippen LogP contribution >= 0.6 is 0 Å². The number of hydrogen-bond acceptors (Lipinski definition) is 3. The van der Waals surface area contributed by atoms with E-state index in [4.69, 9.17) is 9.47 Å². The fourth-order valence-electron chi connectivity index (χ4n) is 1.29. The van der Waals surface area contributed by atoms with Gasteiger partial charge in [-0.05, 0) is 6.08 Å². The minimum Gasteiger partial charge on any atom is -0.436 e. The van der Waals surface area contributed by atoms with E-state index in [9.17, 15) is 0 Å². The molecule has 0 spiro atoms. The van der Waals surface area contributed by atoms with Crippen molar-refractivity contribution in [2.75, 3.05) is 0 Å². The van der Waals surface area contributed by atoms with Gasteiger partial charge in [-0.25, -0.2) is 0 Å². The van der Waals surface area contributed by atoms with Crippen molar-refractivity contribution in [1.82, 2.24) is 9.97 Å². The molecule has 0 fully saturated rings. The first-order chi connectivity index (χ1) is 5.93. The molecule has 12 heavy (non-hydrogen) atoms. The SMILES string of the molecule is C1=CC2=C(C1)Oc1[nH]cnc1O2. The molecule has 0 aromatic carbocycles. The summed E-state index contributed by atoms with van der Waals surface area (Å²) in [5.41, 5.74) is 0. The fourth-order valence-corrected chi connectivity index (χ4v) is 1.29. The van der Waals surface area contributed by atoms with Crippen molar-refractivity contribution in [3.05, 3.63) is 30.0 Å². The van der Waals surface area contributed by atoms with Gasteiger partial charge in [-0.1, -0.05) is 6.08 Å². The summed E-state index contributed by atoms with van der Waals surface area (Å²) < 4.78 is 10.9. The van der Waals surface area contributed by atoms with Crippen molar-refractivity contribution >= 4 is 0 Å². The van der Waals surface area contributed by atoms with E-state index >= 15 is 0 Å². The molecule has 1 aliphatic carbocycles. The van der Waals surface area contributed by atoms with Gasteiger partial charge in [0.05, 0.1) is 6.33 Å². The molecule has 1 aromatic heterocycles. The molecular weight excluding hydrogens is 156 g/mol. The van der Waals surface area contributed by atoms with E-state index < -0.39 is 0 Å². The largest absolute Gasteiger partial charge is 0.436 e. The minimum absolute atomic E-state index is 0.514. The summed E-state index contributed by atoms with van der Waals surface area (Å²) in [6.45, 7) is 0. The van der Waals surface area contributed by atoms with Gasteiger partial charge in [0.15, 0.2) is 11.5 Å². The van der Waals surface area contributed by atoms with E-state index in [2.05, 4.69) is 9.97 Å². The summed E-state index contributed by atoms with van der Waals surface area (Å²) in [4.78, 5) is 6.80. The fraction of sp³-hybridized carbons (Fsp3) is 0.125. The molecule has 4 heteroatoms. The van der Waals surface area contributed by atoms with Crippen molar-refractivity contribution in [3.63, 3.8) is 0 Å².